The van der Waals surface area contributed by atoms with Gasteiger partial charge in [0.1, 0.15) is 0 Å². The molecule has 0 bridgehead atoms. The molecule has 16 heavy (non-hydrogen) atoms. The van der Waals surface area contributed by atoms with E-state index in [2.05, 4.69) is 0 Å². The molecule has 1 N–H and O–H groups in total. The molecule has 1 aromatic rings. The van der Waals surface area contributed by atoms with Gasteiger partial charge in [0.05, 0.1) is 0 Å². The maximum absolute atomic E-state index is 11.3. The zero-order valence-corrected chi connectivity index (χ0v) is 9.17. The molecule has 0 aliphatic rings. The van der Waals surface area contributed by atoms with Gasteiger partial charge in [0, 0.05) is 24.9 Å². The average Bonchev–Trinajstić information content (AvgIpc) is 2.25. The summed E-state index contributed by atoms with van der Waals surface area (Å²) in [6.45, 7) is 1.92. The molecule has 0 amide bonds. The van der Waals surface area contributed by atoms with E-state index in [4.69, 9.17) is 5.11 Å². The number of aromatic nitrogens is 1. The summed E-state index contributed by atoms with van der Waals surface area (Å²) in [5.74, 6) is -0.652. The number of rotatable bonds is 5. The van der Waals surface area contributed by atoms with E-state index in [-0.39, 0.29) is 17.9 Å². The van der Waals surface area contributed by atoms with Crippen LogP contribution in [0, 0.1) is 5.92 Å². The summed E-state index contributed by atoms with van der Waals surface area (Å²) in [5.41, 5.74) is -0.0933. The Kier molecular flexibility index (Phi) is 4.51. The van der Waals surface area contributed by atoms with Gasteiger partial charge in [-0.1, -0.05) is 19.1 Å². The highest BCUT2D eigenvalue weighted by Crippen LogP contribution is 2.07. The number of carbonyl (C=O) groups is 1. The summed E-state index contributed by atoms with van der Waals surface area (Å²) in [7, 11) is 0. The molecule has 1 aromatic heterocycles. The van der Waals surface area contributed by atoms with Crippen LogP contribution in [0.15, 0.2) is 35.3 Å². The lowest BCUT2D eigenvalue weighted by molar-refractivity contribution is -0.137. The maximum Gasteiger partial charge on any atom is 0.303 e. The minimum Gasteiger partial charge on any atom is -0.481 e. The van der Waals surface area contributed by atoms with Crippen molar-refractivity contribution in [2.75, 3.05) is 0 Å². The van der Waals surface area contributed by atoms with E-state index in [9.17, 15) is 9.59 Å². The third-order valence-electron chi connectivity index (χ3n) is 2.24. The van der Waals surface area contributed by atoms with Crippen molar-refractivity contribution in [3.05, 3.63) is 40.8 Å². The lowest BCUT2D eigenvalue weighted by atomic mass is 10.1. The van der Waals surface area contributed by atoms with Crippen LogP contribution in [-0.2, 0) is 4.79 Å². The van der Waals surface area contributed by atoms with Gasteiger partial charge in [0.2, 0.25) is 0 Å². The second kappa shape index (κ2) is 5.90. The zero-order chi connectivity index (χ0) is 12.0. The average molecular weight is 221 g/mol. The molecule has 0 fully saturated rings. The van der Waals surface area contributed by atoms with Crippen molar-refractivity contribution in [1.82, 2.24) is 4.57 Å². The maximum atomic E-state index is 11.3. The number of allylic oxidation sites excluding steroid dienone is 1. The molecule has 0 aliphatic carbocycles. The molecule has 1 heterocycles. The molecule has 0 spiro atoms. The normalized spacial score (nSPS) is 12.8. The highest BCUT2D eigenvalue weighted by molar-refractivity contribution is 5.66. The van der Waals surface area contributed by atoms with Gasteiger partial charge in [0.25, 0.3) is 5.56 Å². The highest BCUT2D eigenvalue weighted by atomic mass is 16.4. The molecular weight excluding hydrogens is 206 g/mol. The molecule has 4 nitrogen and oxygen atoms in total. The van der Waals surface area contributed by atoms with Crippen LogP contribution >= 0.6 is 0 Å². The van der Waals surface area contributed by atoms with Crippen LogP contribution < -0.4 is 5.56 Å². The van der Waals surface area contributed by atoms with E-state index >= 15 is 0 Å². The van der Waals surface area contributed by atoms with Crippen molar-refractivity contribution in [3.63, 3.8) is 0 Å². The van der Waals surface area contributed by atoms with Crippen molar-refractivity contribution in [3.8, 4) is 0 Å². The Bertz CT molecular complexity index is 434. The molecular formula is C12H15NO3. The molecule has 4 heteroatoms. The van der Waals surface area contributed by atoms with Gasteiger partial charge < -0.3 is 5.11 Å². The SMILES string of the molecule is CC(C=Cn1ccccc1=O)CCC(=O)O. The summed E-state index contributed by atoms with van der Waals surface area (Å²) in [6.07, 6.45) is 5.91. The number of pyridine rings is 1. The standard InChI is InChI=1S/C12H15NO3/c1-10(5-6-12(15)16)7-9-13-8-3-2-4-11(13)14/h2-4,7-10H,5-6H2,1H3,(H,15,16). The Morgan fingerprint density at radius 1 is 1.56 bits per heavy atom. The number of aliphatic carboxylic acids is 1. The van der Waals surface area contributed by atoms with Crippen molar-refractivity contribution in [2.45, 2.75) is 19.8 Å². The molecule has 1 rings (SSSR count). The lowest BCUT2D eigenvalue weighted by Crippen LogP contribution is -2.12. The van der Waals surface area contributed by atoms with E-state index in [1.807, 2.05) is 13.0 Å². The molecule has 0 saturated heterocycles. The Hall–Kier alpha value is -1.84. The molecule has 0 aromatic carbocycles. The van der Waals surface area contributed by atoms with Gasteiger partial charge >= 0.3 is 5.97 Å². The molecule has 0 radical (unpaired) electrons. The van der Waals surface area contributed by atoms with Gasteiger partial charge in [-0.2, -0.15) is 0 Å². The molecule has 86 valence electrons. The minimum atomic E-state index is -0.794. The van der Waals surface area contributed by atoms with E-state index in [1.165, 1.54) is 10.6 Å². The van der Waals surface area contributed by atoms with E-state index in [1.54, 1.807) is 24.5 Å². The van der Waals surface area contributed by atoms with Gasteiger partial charge in [-0.05, 0) is 18.4 Å². The quantitative estimate of drug-likeness (QED) is 0.825. The van der Waals surface area contributed by atoms with Gasteiger partial charge in [0.15, 0.2) is 0 Å². The Morgan fingerprint density at radius 3 is 2.94 bits per heavy atom. The summed E-state index contributed by atoms with van der Waals surface area (Å²) in [6, 6.07) is 4.93. The fourth-order valence-electron chi connectivity index (χ4n) is 1.25. The first kappa shape index (κ1) is 12.2. The molecule has 0 saturated carbocycles. The van der Waals surface area contributed by atoms with Crippen LogP contribution in [0.3, 0.4) is 0 Å². The third kappa shape index (κ3) is 4.13. The van der Waals surface area contributed by atoms with Crippen molar-refractivity contribution >= 4 is 12.2 Å². The van der Waals surface area contributed by atoms with E-state index in [0.717, 1.165) is 0 Å². The van der Waals surface area contributed by atoms with Crippen LogP contribution in [0.25, 0.3) is 6.20 Å². The Morgan fingerprint density at radius 2 is 2.31 bits per heavy atom. The lowest BCUT2D eigenvalue weighted by Gasteiger charge is -2.03. The molecule has 1 atom stereocenters. The van der Waals surface area contributed by atoms with Crippen LogP contribution in [0.2, 0.25) is 0 Å². The summed E-state index contributed by atoms with van der Waals surface area (Å²) >= 11 is 0. The third-order valence-corrected chi connectivity index (χ3v) is 2.24. The first-order valence-electron chi connectivity index (χ1n) is 5.17. The largest absolute Gasteiger partial charge is 0.481 e. The number of nitrogens with zero attached hydrogens (tertiary/aromatic N) is 1. The van der Waals surface area contributed by atoms with Crippen LogP contribution in [0.5, 0.6) is 0 Å². The zero-order valence-electron chi connectivity index (χ0n) is 9.17. The van der Waals surface area contributed by atoms with Crippen molar-refractivity contribution < 1.29 is 9.90 Å². The monoisotopic (exact) mass is 221 g/mol. The first-order chi connectivity index (χ1) is 7.59. The van der Waals surface area contributed by atoms with Crippen molar-refractivity contribution in [2.24, 2.45) is 5.92 Å². The number of carboxylic acids is 1. The molecule has 1 unspecified atom stereocenters. The second-order valence-corrected chi connectivity index (χ2v) is 3.70. The fraction of sp³-hybridized carbons (Fsp3) is 0.333. The topological polar surface area (TPSA) is 59.3 Å². The fourth-order valence-corrected chi connectivity index (χ4v) is 1.25. The number of carboxylic acid groups (broad SMARTS) is 1. The Labute approximate surface area is 93.8 Å². The summed E-state index contributed by atoms with van der Waals surface area (Å²) in [4.78, 5) is 21.7. The first-order valence-corrected chi connectivity index (χ1v) is 5.17. The number of hydrogen-bond acceptors (Lipinski definition) is 2. The van der Waals surface area contributed by atoms with Crippen LogP contribution in [0.1, 0.15) is 19.8 Å². The minimum absolute atomic E-state index is 0.0933. The van der Waals surface area contributed by atoms with Crippen LogP contribution in [-0.4, -0.2) is 15.6 Å². The number of hydrogen-bond donors (Lipinski definition) is 1. The van der Waals surface area contributed by atoms with Gasteiger partial charge in [-0.25, -0.2) is 0 Å². The highest BCUT2D eigenvalue weighted by Gasteiger charge is 2.01. The Balaban J connectivity index is 2.57. The van der Waals surface area contributed by atoms with Crippen molar-refractivity contribution in [1.29, 1.82) is 0 Å². The smallest absolute Gasteiger partial charge is 0.303 e. The van der Waals surface area contributed by atoms with Gasteiger partial charge in [-0.3, -0.25) is 14.2 Å². The van der Waals surface area contributed by atoms with Gasteiger partial charge in [-0.15, -0.1) is 0 Å². The van der Waals surface area contributed by atoms with E-state index < -0.39 is 5.97 Å². The molecule has 0 aliphatic heterocycles. The predicted molar refractivity (Wildman–Crippen MR) is 62.1 cm³/mol. The summed E-state index contributed by atoms with van der Waals surface area (Å²) < 4.78 is 1.47. The second-order valence-electron chi connectivity index (χ2n) is 3.70. The summed E-state index contributed by atoms with van der Waals surface area (Å²) in [5, 5.41) is 8.51. The predicted octanol–water partition coefficient (Wildman–Crippen LogP) is 1.82. The van der Waals surface area contributed by atoms with E-state index in [0.29, 0.717) is 6.42 Å². The van der Waals surface area contributed by atoms with Crippen LogP contribution in [0.4, 0.5) is 0 Å².